The SMILES string of the molecule is COc1c(F)cc(F)c(-c2noc(CN)n2)c1OC. The van der Waals surface area contributed by atoms with E-state index in [1.54, 1.807) is 0 Å². The predicted molar refractivity (Wildman–Crippen MR) is 60.6 cm³/mol. The normalized spacial score (nSPS) is 10.6. The molecule has 0 spiro atoms. The average Bonchev–Trinajstić information content (AvgIpc) is 2.86. The van der Waals surface area contributed by atoms with Crippen molar-refractivity contribution in [2.75, 3.05) is 14.2 Å². The van der Waals surface area contributed by atoms with Gasteiger partial charge in [0.15, 0.2) is 17.3 Å². The molecule has 8 heteroatoms. The maximum Gasteiger partial charge on any atom is 0.240 e. The molecule has 0 saturated carbocycles. The van der Waals surface area contributed by atoms with Crippen molar-refractivity contribution in [3.05, 3.63) is 23.6 Å². The molecule has 0 amide bonds. The molecule has 0 radical (unpaired) electrons. The van der Waals surface area contributed by atoms with Crippen LogP contribution in [0, 0.1) is 11.6 Å². The van der Waals surface area contributed by atoms with Crippen molar-refractivity contribution in [3.8, 4) is 22.9 Å². The molecule has 1 heterocycles. The minimum absolute atomic E-state index is 0.00919. The second-order valence-corrected chi connectivity index (χ2v) is 3.50. The number of nitrogens with two attached hydrogens (primary N) is 1. The van der Waals surface area contributed by atoms with Crippen LogP contribution in [-0.4, -0.2) is 24.4 Å². The van der Waals surface area contributed by atoms with E-state index in [2.05, 4.69) is 10.1 Å². The Morgan fingerprint density at radius 3 is 2.42 bits per heavy atom. The van der Waals surface area contributed by atoms with Crippen molar-refractivity contribution in [1.82, 2.24) is 10.1 Å². The van der Waals surface area contributed by atoms with Crippen LogP contribution in [0.15, 0.2) is 10.6 Å². The highest BCUT2D eigenvalue weighted by Gasteiger charge is 2.25. The molecule has 1 aromatic heterocycles. The summed E-state index contributed by atoms with van der Waals surface area (Å²) in [7, 11) is 2.49. The van der Waals surface area contributed by atoms with E-state index in [0.717, 1.165) is 0 Å². The van der Waals surface area contributed by atoms with E-state index >= 15 is 0 Å². The first kappa shape index (κ1) is 13.2. The van der Waals surface area contributed by atoms with Gasteiger partial charge in [-0.05, 0) is 0 Å². The summed E-state index contributed by atoms with van der Waals surface area (Å²) in [6.45, 7) is 0.00919. The highest BCUT2D eigenvalue weighted by molar-refractivity contribution is 5.69. The topological polar surface area (TPSA) is 83.4 Å². The summed E-state index contributed by atoms with van der Waals surface area (Å²) < 4.78 is 42.0. The molecule has 0 aliphatic heterocycles. The summed E-state index contributed by atoms with van der Waals surface area (Å²) >= 11 is 0. The summed E-state index contributed by atoms with van der Waals surface area (Å²) in [5, 5.41) is 3.57. The van der Waals surface area contributed by atoms with Gasteiger partial charge in [-0.1, -0.05) is 5.16 Å². The molecule has 0 aliphatic carbocycles. The Bertz CT molecular complexity index is 601. The lowest BCUT2D eigenvalue weighted by Crippen LogP contribution is -2.00. The van der Waals surface area contributed by atoms with Crippen LogP contribution in [0.5, 0.6) is 11.5 Å². The Morgan fingerprint density at radius 1 is 1.21 bits per heavy atom. The Kier molecular flexibility index (Phi) is 3.61. The summed E-state index contributed by atoms with van der Waals surface area (Å²) in [4.78, 5) is 3.87. The van der Waals surface area contributed by atoms with E-state index in [4.69, 9.17) is 19.7 Å². The Morgan fingerprint density at radius 2 is 1.89 bits per heavy atom. The van der Waals surface area contributed by atoms with Gasteiger partial charge in [0.05, 0.1) is 20.8 Å². The summed E-state index contributed by atoms with van der Waals surface area (Å²) in [6, 6.07) is 0.662. The molecule has 2 aromatic rings. The van der Waals surface area contributed by atoms with Crippen LogP contribution >= 0.6 is 0 Å². The van der Waals surface area contributed by atoms with Crippen LogP contribution in [0.3, 0.4) is 0 Å². The summed E-state index contributed by atoms with van der Waals surface area (Å²) in [6.07, 6.45) is 0. The highest BCUT2D eigenvalue weighted by atomic mass is 19.1. The quantitative estimate of drug-likeness (QED) is 0.907. The summed E-state index contributed by atoms with van der Waals surface area (Å²) in [5.74, 6) is -2.13. The van der Waals surface area contributed by atoms with Gasteiger partial charge in [0, 0.05) is 6.07 Å². The molecule has 0 saturated heterocycles. The number of hydrogen-bond donors (Lipinski definition) is 1. The number of aromatic nitrogens is 2. The van der Waals surface area contributed by atoms with Gasteiger partial charge in [-0.2, -0.15) is 4.98 Å². The van der Waals surface area contributed by atoms with Crippen LogP contribution in [0.4, 0.5) is 8.78 Å². The third-order valence-corrected chi connectivity index (χ3v) is 2.42. The fraction of sp³-hybridized carbons (Fsp3) is 0.273. The van der Waals surface area contributed by atoms with Gasteiger partial charge in [0.2, 0.25) is 11.7 Å². The Balaban J connectivity index is 2.67. The first-order chi connectivity index (χ1) is 9.12. The Labute approximate surface area is 107 Å². The predicted octanol–water partition coefficient (Wildman–Crippen LogP) is 1.49. The smallest absolute Gasteiger partial charge is 0.240 e. The van der Waals surface area contributed by atoms with E-state index in [0.29, 0.717) is 6.07 Å². The first-order valence-electron chi connectivity index (χ1n) is 5.25. The number of ether oxygens (including phenoxy) is 2. The van der Waals surface area contributed by atoms with Crippen LogP contribution < -0.4 is 15.2 Å². The molecule has 0 bridgehead atoms. The molecule has 0 atom stereocenters. The monoisotopic (exact) mass is 271 g/mol. The molecule has 1 aromatic carbocycles. The zero-order valence-corrected chi connectivity index (χ0v) is 10.2. The van der Waals surface area contributed by atoms with Gasteiger partial charge < -0.3 is 19.7 Å². The van der Waals surface area contributed by atoms with Gasteiger partial charge in [-0.3, -0.25) is 0 Å². The molecule has 102 valence electrons. The third-order valence-electron chi connectivity index (χ3n) is 2.42. The van der Waals surface area contributed by atoms with E-state index in [1.165, 1.54) is 14.2 Å². The number of benzene rings is 1. The fourth-order valence-electron chi connectivity index (χ4n) is 1.61. The average molecular weight is 271 g/mol. The zero-order chi connectivity index (χ0) is 14.0. The molecule has 0 unspecified atom stereocenters. The zero-order valence-electron chi connectivity index (χ0n) is 10.2. The van der Waals surface area contributed by atoms with E-state index in [1.807, 2.05) is 0 Å². The second-order valence-electron chi connectivity index (χ2n) is 3.50. The lowest BCUT2D eigenvalue weighted by Gasteiger charge is -2.12. The van der Waals surface area contributed by atoms with Gasteiger partial charge in [0.25, 0.3) is 0 Å². The van der Waals surface area contributed by atoms with Crippen molar-refractivity contribution in [2.24, 2.45) is 5.73 Å². The minimum Gasteiger partial charge on any atom is -0.492 e. The minimum atomic E-state index is -0.889. The van der Waals surface area contributed by atoms with Crippen molar-refractivity contribution < 1.29 is 22.8 Å². The molecular weight excluding hydrogens is 260 g/mol. The van der Waals surface area contributed by atoms with Gasteiger partial charge in [0.1, 0.15) is 11.4 Å². The van der Waals surface area contributed by atoms with Crippen molar-refractivity contribution >= 4 is 0 Å². The van der Waals surface area contributed by atoms with Gasteiger partial charge in [-0.25, -0.2) is 8.78 Å². The molecule has 2 rings (SSSR count). The molecule has 0 aliphatic rings. The van der Waals surface area contributed by atoms with Gasteiger partial charge >= 0.3 is 0 Å². The largest absolute Gasteiger partial charge is 0.492 e. The van der Waals surface area contributed by atoms with Crippen LogP contribution in [0.2, 0.25) is 0 Å². The fourth-order valence-corrected chi connectivity index (χ4v) is 1.61. The lowest BCUT2D eigenvalue weighted by molar-refractivity contribution is 0.335. The molecule has 2 N–H and O–H groups in total. The van der Waals surface area contributed by atoms with E-state index in [-0.39, 0.29) is 35.3 Å². The number of halogens is 2. The van der Waals surface area contributed by atoms with Crippen LogP contribution in [-0.2, 0) is 6.54 Å². The van der Waals surface area contributed by atoms with Crippen molar-refractivity contribution in [2.45, 2.75) is 6.54 Å². The van der Waals surface area contributed by atoms with Crippen molar-refractivity contribution in [1.29, 1.82) is 0 Å². The standard InChI is InChI=1S/C11H11F2N3O3/c1-17-9-6(13)3-5(12)8(10(9)18-2)11-15-7(4-14)19-16-11/h3H,4,14H2,1-2H3. The van der Waals surface area contributed by atoms with E-state index < -0.39 is 11.6 Å². The number of nitrogens with zero attached hydrogens (tertiary/aromatic N) is 2. The molecule has 19 heavy (non-hydrogen) atoms. The second kappa shape index (κ2) is 5.19. The Hall–Kier alpha value is -2.22. The lowest BCUT2D eigenvalue weighted by atomic mass is 10.1. The highest BCUT2D eigenvalue weighted by Crippen LogP contribution is 2.40. The van der Waals surface area contributed by atoms with Gasteiger partial charge in [-0.15, -0.1) is 0 Å². The number of methoxy groups -OCH3 is 2. The number of rotatable bonds is 4. The molecular formula is C11H11F2N3O3. The molecule has 6 nitrogen and oxygen atoms in total. The first-order valence-corrected chi connectivity index (χ1v) is 5.25. The van der Waals surface area contributed by atoms with Crippen LogP contribution in [0.25, 0.3) is 11.4 Å². The maximum atomic E-state index is 13.9. The maximum absolute atomic E-state index is 13.9. The molecule has 0 fully saturated rings. The summed E-state index contributed by atoms with van der Waals surface area (Å²) in [5.41, 5.74) is 5.18. The number of hydrogen-bond acceptors (Lipinski definition) is 6. The van der Waals surface area contributed by atoms with Crippen molar-refractivity contribution in [3.63, 3.8) is 0 Å². The van der Waals surface area contributed by atoms with E-state index in [9.17, 15) is 8.78 Å². The van der Waals surface area contributed by atoms with Crippen LogP contribution in [0.1, 0.15) is 5.89 Å². The third kappa shape index (κ3) is 2.22.